The Morgan fingerprint density at radius 1 is 1.06 bits per heavy atom. The van der Waals surface area contributed by atoms with E-state index in [-0.39, 0.29) is 35.7 Å². The molecule has 1 aromatic rings. The van der Waals surface area contributed by atoms with Crippen LogP contribution in [0.3, 0.4) is 0 Å². The molecular formula is C25H36FN3O5S. The molecule has 1 aliphatic carbocycles. The highest BCUT2D eigenvalue weighted by molar-refractivity contribution is 7.89. The van der Waals surface area contributed by atoms with Crippen molar-refractivity contribution in [2.45, 2.75) is 82.2 Å². The SMILES string of the molecule is CC(C)C[C@H](NC(=O)C1CCCCC1)C(=O)NC1CCCN(S(=O)(=O)c2ccc(F)cc2)CC1=O. The maximum atomic E-state index is 13.2. The van der Waals surface area contributed by atoms with Gasteiger partial charge in [-0.05, 0) is 62.3 Å². The van der Waals surface area contributed by atoms with Gasteiger partial charge in [0, 0.05) is 12.5 Å². The summed E-state index contributed by atoms with van der Waals surface area (Å²) in [5.74, 6) is -1.44. The molecule has 10 heteroatoms. The van der Waals surface area contributed by atoms with E-state index >= 15 is 0 Å². The van der Waals surface area contributed by atoms with Crippen LogP contribution in [-0.2, 0) is 24.4 Å². The third-order valence-corrected chi connectivity index (χ3v) is 8.56. The van der Waals surface area contributed by atoms with E-state index in [9.17, 15) is 27.2 Å². The topological polar surface area (TPSA) is 113 Å². The standard InChI is InChI=1S/C25H36FN3O5S/c1-17(2)15-22(28-24(31)18-7-4-3-5-8-18)25(32)27-21-9-6-14-29(16-23(21)30)35(33,34)20-12-10-19(26)11-13-20/h10-13,17-18,21-22H,3-9,14-16H2,1-2H3,(H,27,32)(H,28,31)/t21?,22-/m0/s1. The summed E-state index contributed by atoms with van der Waals surface area (Å²) in [6, 6.07) is 2.88. The Morgan fingerprint density at radius 2 is 1.71 bits per heavy atom. The molecule has 1 saturated heterocycles. The molecule has 2 fully saturated rings. The Morgan fingerprint density at radius 3 is 2.34 bits per heavy atom. The molecule has 2 atom stereocenters. The Labute approximate surface area is 207 Å². The van der Waals surface area contributed by atoms with Gasteiger partial charge in [-0.25, -0.2) is 12.8 Å². The lowest BCUT2D eigenvalue weighted by Gasteiger charge is -2.27. The van der Waals surface area contributed by atoms with Gasteiger partial charge in [0.15, 0.2) is 5.78 Å². The first-order chi connectivity index (χ1) is 16.6. The number of hydrogen-bond acceptors (Lipinski definition) is 5. The van der Waals surface area contributed by atoms with Gasteiger partial charge >= 0.3 is 0 Å². The van der Waals surface area contributed by atoms with Crippen molar-refractivity contribution in [1.82, 2.24) is 14.9 Å². The van der Waals surface area contributed by atoms with Crippen LogP contribution >= 0.6 is 0 Å². The lowest BCUT2D eigenvalue weighted by atomic mass is 9.88. The highest BCUT2D eigenvalue weighted by Gasteiger charge is 2.35. The van der Waals surface area contributed by atoms with Crippen LogP contribution in [0.2, 0.25) is 0 Å². The number of rotatable bonds is 8. The van der Waals surface area contributed by atoms with Crippen LogP contribution in [0, 0.1) is 17.7 Å². The number of nitrogens with zero attached hydrogens (tertiary/aromatic N) is 1. The molecule has 1 saturated carbocycles. The first-order valence-electron chi connectivity index (χ1n) is 12.5. The fraction of sp³-hybridized carbons (Fsp3) is 0.640. The molecule has 35 heavy (non-hydrogen) atoms. The Balaban J connectivity index is 1.65. The molecule has 1 aliphatic heterocycles. The molecule has 3 rings (SSSR count). The van der Waals surface area contributed by atoms with Gasteiger partial charge in [0.05, 0.1) is 17.5 Å². The zero-order valence-corrected chi connectivity index (χ0v) is 21.3. The van der Waals surface area contributed by atoms with E-state index in [4.69, 9.17) is 0 Å². The van der Waals surface area contributed by atoms with Crippen LogP contribution in [0.5, 0.6) is 0 Å². The summed E-state index contributed by atoms with van der Waals surface area (Å²) in [7, 11) is -3.97. The summed E-state index contributed by atoms with van der Waals surface area (Å²) in [6.07, 6.45) is 5.89. The van der Waals surface area contributed by atoms with Gasteiger partial charge in [0.1, 0.15) is 11.9 Å². The minimum Gasteiger partial charge on any atom is -0.344 e. The minimum absolute atomic E-state index is 0.0865. The number of benzene rings is 1. The van der Waals surface area contributed by atoms with Crippen LogP contribution in [0.4, 0.5) is 4.39 Å². The first kappa shape index (κ1) is 27.3. The number of amides is 2. The molecule has 0 aromatic heterocycles. The van der Waals surface area contributed by atoms with E-state index in [0.29, 0.717) is 19.3 Å². The maximum absolute atomic E-state index is 13.2. The largest absolute Gasteiger partial charge is 0.344 e. The molecule has 2 aliphatic rings. The van der Waals surface area contributed by atoms with Crippen molar-refractivity contribution in [1.29, 1.82) is 0 Å². The molecule has 1 unspecified atom stereocenters. The molecular weight excluding hydrogens is 473 g/mol. The van der Waals surface area contributed by atoms with Crippen molar-refractivity contribution in [3.05, 3.63) is 30.1 Å². The third kappa shape index (κ3) is 7.33. The van der Waals surface area contributed by atoms with Crippen LogP contribution in [0.15, 0.2) is 29.2 Å². The van der Waals surface area contributed by atoms with E-state index in [1.807, 2.05) is 13.8 Å². The van der Waals surface area contributed by atoms with Crippen LogP contribution in [-0.4, -0.2) is 55.5 Å². The summed E-state index contributed by atoms with van der Waals surface area (Å²) < 4.78 is 40.2. The fourth-order valence-corrected chi connectivity index (χ4v) is 6.18. The normalized spacial score (nSPS) is 21.4. The molecule has 1 aromatic carbocycles. The number of halogens is 1. The smallest absolute Gasteiger partial charge is 0.243 e. The number of ketones is 1. The molecule has 0 spiro atoms. The zero-order chi connectivity index (χ0) is 25.6. The lowest BCUT2D eigenvalue weighted by Crippen LogP contribution is -2.53. The van der Waals surface area contributed by atoms with Crippen molar-refractivity contribution in [2.75, 3.05) is 13.1 Å². The number of carbonyl (C=O) groups excluding carboxylic acids is 3. The van der Waals surface area contributed by atoms with Crippen LogP contribution in [0.1, 0.15) is 65.2 Å². The average molecular weight is 510 g/mol. The van der Waals surface area contributed by atoms with Crippen molar-refractivity contribution in [2.24, 2.45) is 11.8 Å². The van der Waals surface area contributed by atoms with Gasteiger partial charge in [0.25, 0.3) is 0 Å². The quantitative estimate of drug-likeness (QED) is 0.560. The number of hydrogen-bond donors (Lipinski definition) is 2. The van der Waals surface area contributed by atoms with Gasteiger partial charge < -0.3 is 10.6 Å². The van der Waals surface area contributed by atoms with Crippen molar-refractivity contribution < 1.29 is 27.2 Å². The van der Waals surface area contributed by atoms with Crippen molar-refractivity contribution in [3.8, 4) is 0 Å². The molecule has 0 bridgehead atoms. The van der Waals surface area contributed by atoms with Gasteiger partial charge in [-0.1, -0.05) is 33.1 Å². The molecule has 0 radical (unpaired) electrons. The summed E-state index contributed by atoms with van der Waals surface area (Å²) in [5.41, 5.74) is 0. The summed E-state index contributed by atoms with van der Waals surface area (Å²) in [6.45, 7) is 3.66. The van der Waals surface area contributed by atoms with Gasteiger partial charge in [0.2, 0.25) is 21.8 Å². The highest BCUT2D eigenvalue weighted by Crippen LogP contribution is 2.24. The number of sulfonamides is 1. The Hall–Kier alpha value is -2.33. The first-order valence-corrected chi connectivity index (χ1v) is 13.9. The third-order valence-electron chi connectivity index (χ3n) is 6.71. The summed E-state index contributed by atoms with van der Waals surface area (Å²) >= 11 is 0. The van der Waals surface area contributed by atoms with Gasteiger partial charge in [-0.3, -0.25) is 14.4 Å². The summed E-state index contributed by atoms with van der Waals surface area (Å²) in [5, 5.41) is 5.67. The Kier molecular flexibility index (Phi) is 9.40. The van der Waals surface area contributed by atoms with E-state index in [2.05, 4.69) is 10.6 Å². The van der Waals surface area contributed by atoms with Gasteiger partial charge in [-0.2, -0.15) is 4.31 Å². The fourth-order valence-electron chi connectivity index (χ4n) is 4.74. The predicted octanol–water partition coefficient (Wildman–Crippen LogP) is 2.78. The van der Waals surface area contributed by atoms with E-state index < -0.39 is 39.6 Å². The second-order valence-corrected chi connectivity index (χ2v) is 11.9. The van der Waals surface area contributed by atoms with Gasteiger partial charge in [-0.15, -0.1) is 0 Å². The molecule has 2 N–H and O–H groups in total. The minimum atomic E-state index is -3.97. The Bertz CT molecular complexity index is 1010. The van der Waals surface area contributed by atoms with Crippen LogP contribution < -0.4 is 10.6 Å². The van der Waals surface area contributed by atoms with Crippen molar-refractivity contribution >= 4 is 27.6 Å². The average Bonchev–Trinajstić information content (AvgIpc) is 3.01. The molecule has 1 heterocycles. The number of nitrogens with one attached hydrogen (secondary N) is 2. The molecule has 2 amide bonds. The maximum Gasteiger partial charge on any atom is 0.243 e. The number of carbonyl (C=O) groups is 3. The summed E-state index contributed by atoms with van der Waals surface area (Å²) in [4.78, 5) is 38.7. The molecule has 8 nitrogen and oxygen atoms in total. The monoisotopic (exact) mass is 509 g/mol. The second kappa shape index (κ2) is 12.1. The molecule has 194 valence electrons. The van der Waals surface area contributed by atoms with E-state index in [0.717, 1.165) is 48.5 Å². The second-order valence-electron chi connectivity index (χ2n) is 9.99. The predicted molar refractivity (Wildman–Crippen MR) is 129 cm³/mol. The van der Waals surface area contributed by atoms with E-state index in [1.165, 1.54) is 12.1 Å². The van der Waals surface area contributed by atoms with Crippen molar-refractivity contribution in [3.63, 3.8) is 0 Å². The zero-order valence-electron chi connectivity index (χ0n) is 20.5. The highest BCUT2D eigenvalue weighted by atomic mass is 32.2. The van der Waals surface area contributed by atoms with E-state index in [1.54, 1.807) is 0 Å². The number of Topliss-reactive ketones (excluding diaryl/α,β-unsaturated/α-hetero) is 1. The lowest BCUT2D eigenvalue weighted by molar-refractivity contribution is -0.133. The van der Waals surface area contributed by atoms with Crippen LogP contribution in [0.25, 0.3) is 0 Å².